The Morgan fingerprint density at radius 1 is 0.877 bits per heavy atom. The SMILES string of the molecule is Cc1nc(Nc2ncc(C(=O)Nc3c(C)cccc3Cl)s2)cc(N2CCN(CC(=O)N(C)CC(=O)NCCOCCNC(=O)CN(C)C(=O)CNc3cccc4c3C(=O)N(C3CCC(=O)NC3=O)C4=O)CC2)n1. The number of rotatable bonds is 21. The van der Waals surface area contributed by atoms with Gasteiger partial charge in [-0.15, -0.1) is 0 Å². The van der Waals surface area contributed by atoms with Gasteiger partial charge in [0.05, 0.1) is 67.4 Å². The van der Waals surface area contributed by atoms with Gasteiger partial charge >= 0.3 is 0 Å². The highest BCUT2D eigenvalue weighted by atomic mass is 35.5. The number of carbonyl (C=O) groups excluding carboxylic acids is 9. The third-order valence-corrected chi connectivity index (χ3v) is 13.2. The van der Waals surface area contributed by atoms with Crippen LogP contribution in [0.1, 0.15) is 54.6 Å². The molecule has 1 atom stereocenters. The van der Waals surface area contributed by atoms with E-state index in [1.54, 1.807) is 20.0 Å². The summed E-state index contributed by atoms with van der Waals surface area (Å²) >= 11 is 7.46. The van der Waals surface area contributed by atoms with Crippen LogP contribution in [-0.4, -0.2) is 187 Å². The predicted octanol–water partition coefficient (Wildman–Crippen LogP) is 1.00. The molecule has 73 heavy (non-hydrogen) atoms. The highest BCUT2D eigenvalue weighted by Gasteiger charge is 2.45. The van der Waals surface area contributed by atoms with Crippen molar-refractivity contribution < 1.29 is 47.9 Å². The van der Waals surface area contributed by atoms with Gasteiger partial charge in [0, 0.05) is 71.5 Å². The monoisotopic (exact) mass is 1040 g/mol. The summed E-state index contributed by atoms with van der Waals surface area (Å²) in [4.78, 5) is 136. The van der Waals surface area contributed by atoms with Gasteiger partial charge in [-0.3, -0.25) is 58.3 Å². The number of nitrogens with zero attached hydrogens (tertiary/aromatic N) is 8. The smallest absolute Gasteiger partial charge is 0.267 e. The molecule has 0 aliphatic carbocycles. The Kier molecular flexibility index (Phi) is 17.6. The van der Waals surface area contributed by atoms with E-state index in [9.17, 15) is 43.2 Å². The molecule has 2 aromatic carbocycles. The van der Waals surface area contributed by atoms with Crippen molar-refractivity contribution in [3.8, 4) is 0 Å². The Labute approximate surface area is 428 Å². The summed E-state index contributed by atoms with van der Waals surface area (Å²) in [6, 6.07) is 10.6. The third-order valence-electron chi connectivity index (χ3n) is 12.0. The van der Waals surface area contributed by atoms with Crippen molar-refractivity contribution in [2.24, 2.45) is 0 Å². The van der Waals surface area contributed by atoms with Crippen molar-refractivity contribution in [1.82, 2.24) is 50.5 Å². The number of anilines is 5. The molecule has 386 valence electrons. The number of halogens is 1. The maximum absolute atomic E-state index is 13.3. The minimum atomic E-state index is -1.13. The number of carbonyl (C=O) groups is 9. The van der Waals surface area contributed by atoms with Crippen LogP contribution in [0.4, 0.5) is 28.1 Å². The van der Waals surface area contributed by atoms with E-state index in [-0.39, 0.29) is 99.9 Å². The molecule has 4 aromatic rings. The highest BCUT2D eigenvalue weighted by Crippen LogP contribution is 2.33. The summed E-state index contributed by atoms with van der Waals surface area (Å²) in [6.45, 7) is 6.00. The van der Waals surface area contributed by atoms with Crippen LogP contribution in [0.2, 0.25) is 5.02 Å². The number of nitrogens with one attached hydrogen (secondary N) is 6. The zero-order valence-corrected chi connectivity index (χ0v) is 42.1. The van der Waals surface area contributed by atoms with Gasteiger partial charge in [0.1, 0.15) is 28.4 Å². The largest absolute Gasteiger partial charge is 0.378 e. The number of aromatic nitrogens is 3. The molecule has 2 saturated heterocycles. The van der Waals surface area contributed by atoms with Gasteiger partial charge in [-0.25, -0.2) is 15.0 Å². The topological polar surface area (TPSA) is 290 Å². The molecule has 7 rings (SSSR count). The van der Waals surface area contributed by atoms with Gasteiger partial charge < -0.3 is 46.0 Å². The molecule has 5 heterocycles. The number of aryl methyl sites for hydroxylation is 2. The van der Waals surface area contributed by atoms with Gasteiger partial charge in [-0.05, 0) is 44.0 Å². The molecule has 0 radical (unpaired) electrons. The van der Waals surface area contributed by atoms with Crippen LogP contribution >= 0.6 is 22.9 Å². The maximum atomic E-state index is 13.3. The fourth-order valence-corrected chi connectivity index (χ4v) is 9.04. The van der Waals surface area contributed by atoms with Gasteiger partial charge in [0.15, 0.2) is 5.13 Å². The highest BCUT2D eigenvalue weighted by molar-refractivity contribution is 7.17. The Bertz CT molecular complexity index is 2780. The summed E-state index contributed by atoms with van der Waals surface area (Å²) in [5, 5.41) is 17.3. The number of piperazine rings is 1. The van der Waals surface area contributed by atoms with Gasteiger partial charge in [-0.1, -0.05) is 41.1 Å². The number of para-hydroxylation sites is 1. The molecule has 3 aliphatic rings. The summed E-state index contributed by atoms with van der Waals surface area (Å²) in [5.74, 6) is -2.69. The lowest BCUT2D eigenvalue weighted by molar-refractivity contribution is -0.136. The van der Waals surface area contributed by atoms with E-state index in [2.05, 4.69) is 51.8 Å². The number of ether oxygens (including phenoxy) is 1. The van der Waals surface area contributed by atoms with Crippen molar-refractivity contribution in [3.63, 3.8) is 0 Å². The second-order valence-corrected chi connectivity index (χ2v) is 18.7. The molecule has 26 heteroatoms. The van der Waals surface area contributed by atoms with E-state index in [1.165, 1.54) is 52.6 Å². The first-order valence-corrected chi connectivity index (χ1v) is 24.4. The molecule has 2 fully saturated rings. The van der Waals surface area contributed by atoms with E-state index < -0.39 is 41.5 Å². The first-order chi connectivity index (χ1) is 34.9. The van der Waals surface area contributed by atoms with Crippen molar-refractivity contribution >= 4 is 104 Å². The standard InChI is InChI=1S/C47H55ClN14O10S/c1-27-7-5-9-30(48)42(27)57-44(69)33-22-52-47(73-33)55-34-21-35(54-28(2)53-34)61-17-15-60(16-18-61)26-40(67)59(4)25-38(65)50-14-20-72-19-13-49-37(64)24-58(3)39(66)23-51-31-10-6-8-29-41(31)46(71)62(45(29)70)32-11-12-36(63)56-43(32)68/h5-10,21-22,32,51H,11-20,23-26H2,1-4H3,(H,49,64)(H,50,65)(H,57,69)(H,56,63,68)(H,52,53,54,55). The average molecular weight is 1040 g/mol. The molecule has 24 nitrogen and oxygen atoms in total. The Hall–Kier alpha value is -7.61. The van der Waals surface area contributed by atoms with Crippen LogP contribution in [0.3, 0.4) is 0 Å². The van der Waals surface area contributed by atoms with Crippen LogP contribution < -0.4 is 36.8 Å². The van der Waals surface area contributed by atoms with Crippen molar-refractivity contribution in [1.29, 1.82) is 0 Å². The molecule has 6 N–H and O–H groups in total. The molecule has 2 aromatic heterocycles. The normalized spacial score (nSPS) is 15.6. The summed E-state index contributed by atoms with van der Waals surface area (Å²) in [5.41, 5.74) is 1.65. The van der Waals surface area contributed by atoms with Gasteiger partial charge in [0.2, 0.25) is 35.4 Å². The molecule has 9 amide bonds. The van der Waals surface area contributed by atoms with Crippen molar-refractivity contribution in [2.45, 2.75) is 32.7 Å². The quantitative estimate of drug-likeness (QED) is 0.0501. The second kappa shape index (κ2) is 24.2. The fraction of sp³-hybridized carbons (Fsp3) is 0.404. The summed E-state index contributed by atoms with van der Waals surface area (Å²) in [6.07, 6.45) is 1.47. The number of imide groups is 2. The number of piperidine rings is 1. The average Bonchev–Trinajstić information content (AvgIpc) is 3.92. The van der Waals surface area contributed by atoms with Crippen LogP contribution in [-0.2, 0) is 33.5 Å². The summed E-state index contributed by atoms with van der Waals surface area (Å²) < 4.78 is 5.52. The molecular formula is C47H55ClN14O10S. The van der Waals surface area contributed by atoms with Crippen molar-refractivity contribution in [2.75, 3.05) is 114 Å². The molecule has 0 bridgehead atoms. The minimum absolute atomic E-state index is 0.00663. The molecule has 0 saturated carbocycles. The molecule has 0 spiro atoms. The molecular weight excluding hydrogens is 988 g/mol. The van der Waals surface area contributed by atoms with E-state index >= 15 is 0 Å². The number of hydrogen-bond acceptors (Lipinski definition) is 18. The van der Waals surface area contributed by atoms with Crippen LogP contribution in [0.5, 0.6) is 0 Å². The maximum Gasteiger partial charge on any atom is 0.267 e. The Morgan fingerprint density at radius 3 is 2.25 bits per heavy atom. The number of benzene rings is 2. The zero-order valence-electron chi connectivity index (χ0n) is 40.5. The van der Waals surface area contributed by atoms with E-state index in [0.717, 1.165) is 10.5 Å². The third kappa shape index (κ3) is 13.7. The van der Waals surface area contributed by atoms with Crippen LogP contribution in [0, 0.1) is 13.8 Å². The van der Waals surface area contributed by atoms with Crippen molar-refractivity contribution in [3.05, 3.63) is 81.1 Å². The number of thiazole rings is 1. The van der Waals surface area contributed by atoms with Gasteiger partial charge in [-0.2, -0.15) is 0 Å². The second-order valence-electron chi connectivity index (χ2n) is 17.3. The predicted molar refractivity (Wildman–Crippen MR) is 269 cm³/mol. The van der Waals surface area contributed by atoms with E-state index in [1.807, 2.05) is 30.0 Å². The zero-order chi connectivity index (χ0) is 52.3. The number of fused-ring (bicyclic) bond motifs is 1. The number of hydrogen-bond donors (Lipinski definition) is 6. The first kappa shape index (κ1) is 53.2. The lowest BCUT2D eigenvalue weighted by atomic mass is 10.0. The van der Waals surface area contributed by atoms with E-state index in [0.29, 0.717) is 64.4 Å². The van der Waals surface area contributed by atoms with Crippen LogP contribution in [0.15, 0.2) is 48.7 Å². The first-order valence-electron chi connectivity index (χ1n) is 23.3. The number of likely N-dealkylation sites (N-methyl/N-ethyl adjacent to an activating group) is 2. The number of amides is 9. The lowest BCUT2D eigenvalue weighted by Gasteiger charge is -2.35. The van der Waals surface area contributed by atoms with E-state index in [4.69, 9.17) is 16.3 Å². The summed E-state index contributed by atoms with van der Waals surface area (Å²) in [7, 11) is 2.99. The molecule has 3 aliphatic heterocycles. The fourth-order valence-electron chi connectivity index (χ4n) is 8.05. The van der Waals surface area contributed by atoms with Crippen LogP contribution in [0.25, 0.3) is 0 Å². The Balaban J connectivity index is 0.737. The molecule has 1 unspecified atom stereocenters. The lowest BCUT2D eigenvalue weighted by Crippen LogP contribution is -2.54. The van der Waals surface area contributed by atoms with Gasteiger partial charge in [0.25, 0.3) is 17.7 Å². The Morgan fingerprint density at radius 2 is 1.56 bits per heavy atom. The minimum Gasteiger partial charge on any atom is -0.378 e.